The molecule has 0 unspecified atom stereocenters. The van der Waals surface area contributed by atoms with E-state index in [4.69, 9.17) is 0 Å². The lowest BCUT2D eigenvalue weighted by atomic mass is 10.1. The molecule has 0 bridgehead atoms. The van der Waals surface area contributed by atoms with Crippen LogP contribution in [-0.4, -0.2) is 6.54 Å². The number of benzene rings is 1. The minimum absolute atomic E-state index is 0.895. The quantitative estimate of drug-likeness (QED) is 0.651. The van der Waals surface area contributed by atoms with Gasteiger partial charge >= 0.3 is 0 Å². The maximum absolute atomic E-state index is 3.56. The van der Waals surface area contributed by atoms with Crippen LogP contribution in [0.15, 0.2) is 22.7 Å². The molecule has 0 aliphatic rings. The zero-order valence-electron chi connectivity index (χ0n) is 9.23. The molecule has 1 nitrogen and oxygen atoms in total. The first-order valence-electron chi connectivity index (χ1n) is 5.09. The molecule has 0 aliphatic carbocycles. The van der Waals surface area contributed by atoms with Crippen LogP contribution in [0.25, 0.3) is 0 Å². The molecule has 2 heteroatoms. The zero-order chi connectivity index (χ0) is 11.1. The summed E-state index contributed by atoms with van der Waals surface area (Å²) in [4.78, 5) is 0. The Hall–Kier alpha value is -0.780. The van der Waals surface area contributed by atoms with Crippen molar-refractivity contribution in [2.45, 2.75) is 26.8 Å². The van der Waals surface area contributed by atoms with Crippen molar-refractivity contribution < 1.29 is 0 Å². The van der Waals surface area contributed by atoms with Gasteiger partial charge in [0.15, 0.2) is 0 Å². The van der Waals surface area contributed by atoms with Crippen molar-refractivity contribution in [3.63, 3.8) is 0 Å². The molecule has 0 amide bonds. The van der Waals surface area contributed by atoms with E-state index in [0.29, 0.717) is 0 Å². The lowest BCUT2D eigenvalue weighted by molar-refractivity contribution is 0.699. The topological polar surface area (TPSA) is 12.0 Å². The van der Waals surface area contributed by atoms with Crippen molar-refractivity contribution >= 4 is 15.9 Å². The van der Waals surface area contributed by atoms with Crippen molar-refractivity contribution in [1.29, 1.82) is 0 Å². The predicted molar refractivity (Wildman–Crippen MR) is 68.7 cm³/mol. The summed E-state index contributed by atoms with van der Waals surface area (Å²) in [6.45, 7) is 5.81. The summed E-state index contributed by atoms with van der Waals surface area (Å²) in [6, 6.07) is 6.42. The molecule has 0 radical (unpaired) electrons. The minimum atomic E-state index is 0.895. The van der Waals surface area contributed by atoms with Gasteiger partial charge in [0.25, 0.3) is 0 Å². The van der Waals surface area contributed by atoms with E-state index in [-0.39, 0.29) is 0 Å². The molecule has 1 rings (SSSR count). The summed E-state index contributed by atoms with van der Waals surface area (Å²) in [7, 11) is 0. The van der Waals surface area contributed by atoms with Crippen LogP contribution in [-0.2, 0) is 6.54 Å². The standard InChI is InChI=1S/C13H16BrN/c1-3-4-5-8-15-10-12-7-6-11(2)9-13(12)14/h6-7,9,15H,5,8,10H2,1-2H3. The first-order valence-corrected chi connectivity index (χ1v) is 5.88. The Kier molecular flexibility index (Phi) is 5.45. The highest BCUT2D eigenvalue weighted by Gasteiger charge is 1.98. The van der Waals surface area contributed by atoms with E-state index < -0.39 is 0 Å². The van der Waals surface area contributed by atoms with Gasteiger partial charge in [0.2, 0.25) is 0 Å². The second kappa shape index (κ2) is 6.66. The van der Waals surface area contributed by atoms with Crippen LogP contribution < -0.4 is 5.32 Å². The predicted octanol–water partition coefficient (Wildman–Crippen LogP) is 3.26. The van der Waals surface area contributed by atoms with Gasteiger partial charge in [-0.1, -0.05) is 28.1 Å². The Balaban J connectivity index is 2.39. The molecular formula is C13H16BrN. The Labute approximate surface area is 100 Å². The number of hydrogen-bond acceptors (Lipinski definition) is 1. The van der Waals surface area contributed by atoms with Crippen LogP contribution in [0.4, 0.5) is 0 Å². The van der Waals surface area contributed by atoms with Gasteiger partial charge in [-0.15, -0.1) is 11.8 Å². The summed E-state index contributed by atoms with van der Waals surface area (Å²) in [6.07, 6.45) is 0.917. The van der Waals surface area contributed by atoms with Crippen LogP contribution in [0.5, 0.6) is 0 Å². The fraction of sp³-hybridized carbons (Fsp3) is 0.385. The van der Waals surface area contributed by atoms with Gasteiger partial charge in [0, 0.05) is 24.0 Å². The van der Waals surface area contributed by atoms with E-state index in [1.807, 2.05) is 6.92 Å². The van der Waals surface area contributed by atoms with Gasteiger partial charge in [0.05, 0.1) is 0 Å². The fourth-order valence-electron chi connectivity index (χ4n) is 1.29. The molecule has 0 aromatic heterocycles. The summed E-state index contributed by atoms with van der Waals surface area (Å²) in [5.41, 5.74) is 2.58. The maximum atomic E-state index is 3.56. The van der Waals surface area contributed by atoms with E-state index >= 15 is 0 Å². The number of rotatable bonds is 4. The van der Waals surface area contributed by atoms with Crippen molar-refractivity contribution in [3.05, 3.63) is 33.8 Å². The SMILES string of the molecule is CC#CCCNCc1ccc(C)cc1Br. The van der Waals surface area contributed by atoms with Gasteiger partial charge < -0.3 is 5.32 Å². The van der Waals surface area contributed by atoms with Crippen LogP contribution in [0.1, 0.15) is 24.5 Å². The molecule has 0 aliphatic heterocycles. The third kappa shape index (κ3) is 4.51. The second-order valence-corrected chi connectivity index (χ2v) is 4.30. The number of nitrogens with one attached hydrogen (secondary N) is 1. The number of halogens is 1. The van der Waals surface area contributed by atoms with Crippen LogP contribution in [0, 0.1) is 18.8 Å². The molecule has 0 heterocycles. The Morgan fingerprint density at radius 3 is 2.87 bits per heavy atom. The molecule has 0 fully saturated rings. The molecule has 1 aromatic rings. The van der Waals surface area contributed by atoms with Crippen molar-refractivity contribution in [2.75, 3.05) is 6.54 Å². The zero-order valence-corrected chi connectivity index (χ0v) is 10.8. The van der Waals surface area contributed by atoms with Crippen LogP contribution >= 0.6 is 15.9 Å². The maximum Gasteiger partial charge on any atom is 0.0222 e. The Morgan fingerprint density at radius 2 is 2.20 bits per heavy atom. The summed E-state index contributed by atoms with van der Waals surface area (Å²) in [5, 5.41) is 3.36. The van der Waals surface area contributed by atoms with Gasteiger partial charge in [-0.3, -0.25) is 0 Å². The molecule has 1 aromatic carbocycles. The van der Waals surface area contributed by atoms with E-state index in [9.17, 15) is 0 Å². The van der Waals surface area contributed by atoms with E-state index in [1.54, 1.807) is 0 Å². The minimum Gasteiger partial charge on any atom is -0.312 e. The lowest BCUT2D eigenvalue weighted by Gasteiger charge is -2.06. The summed E-state index contributed by atoms with van der Waals surface area (Å²) >= 11 is 3.56. The Morgan fingerprint density at radius 1 is 1.40 bits per heavy atom. The molecule has 15 heavy (non-hydrogen) atoms. The molecule has 80 valence electrons. The van der Waals surface area contributed by atoms with E-state index in [0.717, 1.165) is 19.5 Å². The average molecular weight is 266 g/mol. The van der Waals surface area contributed by atoms with Crippen molar-refractivity contribution in [1.82, 2.24) is 5.32 Å². The van der Waals surface area contributed by atoms with Crippen LogP contribution in [0.2, 0.25) is 0 Å². The van der Waals surface area contributed by atoms with Crippen LogP contribution in [0.3, 0.4) is 0 Å². The van der Waals surface area contributed by atoms with Crippen molar-refractivity contribution in [2.24, 2.45) is 0 Å². The smallest absolute Gasteiger partial charge is 0.0222 e. The average Bonchev–Trinajstić information content (AvgIpc) is 2.20. The third-order valence-electron chi connectivity index (χ3n) is 2.13. The monoisotopic (exact) mass is 265 g/mol. The molecule has 0 atom stereocenters. The van der Waals surface area contributed by atoms with Gasteiger partial charge in [-0.05, 0) is 31.0 Å². The second-order valence-electron chi connectivity index (χ2n) is 3.45. The number of aryl methyl sites for hydroxylation is 1. The Bertz CT molecular complexity index is 374. The molecule has 1 N–H and O–H groups in total. The normalized spacial score (nSPS) is 9.53. The van der Waals surface area contributed by atoms with Gasteiger partial charge in [-0.2, -0.15) is 0 Å². The largest absolute Gasteiger partial charge is 0.312 e. The first-order chi connectivity index (χ1) is 7.24. The van der Waals surface area contributed by atoms with Crippen molar-refractivity contribution in [3.8, 4) is 11.8 Å². The fourth-order valence-corrected chi connectivity index (χ4v) is 1.93. The highest BCUT2D eigenvalue weighted by molar-refractivity contribution is 9.10. The highest BCUT2D eigenvalue weighted by atomic mass is 79.9. The number of hydrogen-bond donors (Lipinski definition) is 1. The van der Waals surface area contributed by atoms with E-state index in [1.165, 1.54) is 15.6 Å². The molecule has 0 saturated carbocycles. The summed E-state index contributed by atoms with van der Waals surface area (Å²) in [5.74, 6) is 5.92. The van der Waals surface area contributed by atoms with Gasteiger partial charge in [0.1, 0.15) is 0 Å². The first kappa shape index (κ1) is 12.3. The third-order valence-corrected chi connectivity index (χ3v) is 2.87. The highest BCUT2D eigenvalue weighted by Crippen LogP contribution is 2.17. The van der Waals surface area contributed by atoms with E-state index in [2.05, 4.69) is 58.2 Å². The lowest BCUT2D eigenvalue weighted by Crippen LogP contribution is -2.14. The van der Waals surface area contributed by atoms with Gasteiger partial charge in [-0.25, -0.2) is 0 Å². The molecule has 0 spiro atoms. The summed E-state index contributed by atoms with van der Waals surface area (Å²) < 4.78 is 1.18. The molecule has 0 saturated heterocycles. The molecular weight excluding hydrogens is 250 g/mol.